The van der Waals surface area contributed by atoms with Gasteiger partial charge in [-0.3, -0.25) is 0 Å². The number of aliphatic hydroxyl groups is 4. The lowest BCUT2D eigenvalue weighted by molar-refractivity contribution is -0.250. The van der Waals surface area contributed by atoms with Gasteiger partial charge < -0.3 is 29.7 Å². The van der Waals surface area contributed by atoms with E-state index in [9.17, 15) is 20.4 Å². The highest BCUT2D eigenvalue weighted by molar-refractivity contribution is 5.84. The van der Waals surface area contributed by atoms with Crippen LogP contribution in [0.1, 0.15) is 29.8 Å². The summed E-state index contributed by atoms with van der Waals surface area (Å²) < 4.78 is 7.56. The number of aryl methyl sites for hydroxylation is 1. The lowest BCUT2D eigenvalue weighted by Gasteiger charge is -2.40. The first-order chi connectivity index (χ1) is 14.0. The highest BCUT2D eigenvalue weighted by Crippen LogP contribution is 2.33. The van der Waals surface area contributed by atoms with Crippen LogP contribution in [0.3, 0.4) is 0 Å². The molecule has 4 N–H and O–H groups in total. The minimum absolute atomic E-state index is 0.447. The number of hydrogen-bond donors (Lipinski definition) is 4. The molecule has 3 aromatic rings. The molecule has 154 valence electrons. The number of para-hydroxylation sites is 1. The van der Waals surface area contributed by atoms with E-state index in [0.29, 0.717) is 0 Å². The van der Waals surface area contributed by atoms with Gasteiger partial charge >= 0.3 is 0 Å². The van der Waals surface area contributed by atoms with Crippen molar-refractivity contribution in [3.8, 4) is 0 Å². The summed E-state index contributed by atoms with van der Waals surface area (Å²) in [5, 5.41) is 41.3. The molecule has 0 bridgehead atoms. The van der Waals surface area contributed by atoms with Crippen LogP contribution in [0.5, 0.6) is 0 Å². The minimum atomic E-state index is -1.41. The number of hydrogen-bond acceptors (Lipinski definition) is 5. The van der Waals surface area contributed by atoms with Gasteiger partial charge in [0.1, 0.15) is 24.4 Å². The van der Waals surface area contributed by atoms with Gasteiger partial charge in [-0.1, -0.05) is 49.4 Å². The molecule has 2 aromatic carbocycles. The summed E-state index contributed by atoms with van der Waals surface area (Å²) in [6, 6.07) is 16.3. The van der Waals surface area contributed by atoms with Crippen LogP contribution in [0.25, 0.3) is 10.9 Å². The highest BCUT2D eigenvalue weighted by Gasteiger charge is 2.44. The zero-order valence-corrected chi connectivity index (χ0v) is 16.3. The summed E-state index contributed by atoms with van der Waals surface area (Å²) in [7, 11) is 0. The first kappa shape index (κ1) is 20.1. The first-order valence-electron chi connectivity index (χ1n) is 10.00. The van der Waals surface area contributed by atoms with E-state index in [1.165, 1.54) is 11.1 Å². The van der Waals surface area contributed by atoms with Crippen molar-refractivity contribution in [2.24, 2.45) is 0 Å². The summed E-state index contributed by atoms with van der Waals surface area (Å²) in [5.41, 5.74) is 4.40. The van der Waals surface area contributed by atoms with Gasteiger partial charge in [0.05, 0.1) is 12.1 Å². The van der Waals surface area contributed by atoms with E-state index < -0.39 is 37.3 Å². The molecular formula is C23H27NO5. The van der Waals surface area contributed by atoms with E-state index in [2.05, 4.69) is 31.2 Å². The molecule has 6 heteroatoms. The molecule has 0 amide bonds. The molecule has 1 saturated heterocycles. The molecular weight excluding hydrogens is 370 g/mol. The van der Waals surface area contributed by atoms with Gasteiger partial charge in [0.2, 0.25) is 0 Å². The first-order valence-corrected chi connectivity index (χ1v) is 10.00. The fraction of sp³-hybridized carbons (Fsp3) is 0.391. The Morgan fingerprint density at radius 3 is 2.28 bits per heavy atom. The van der Waals surface area contributed by atoms with Crippen molar-refractivity contribution in [3.63, 3.8) is 0 Å². The van der Waals surface area contributed by atoms with Crippen LogP contribution in [-0.2, 0) is 17.6 Å². The summed E-state index contributed by atoms with van der Waals surface area (Å²) in [6.07, 6.45) is -2.31. The second-order valence-corrected chi connectivity index (χ2v) is 7.65. The van der Waals surface area contributed by atoms with Crippen LogP contribution in [-0.4, -0.2) is 56.0 Å². The third-order valence-corrected chi connectivity index (χ3v) is 5.79. The molecule has 3 unspecified atom stereocenters. The predicted octanol–water partition coefficient (Wildman–Crippen LogP) is 1.77. The molecule has 0 saturated carbocycles. The van der Waals surface area contributed by atoms with E-state index in [1.54, 1.807) is 4.57 Å². The van der Waals surface area contributed by atoms with Crippen LogP contribution in [0.4, 0.5) is 0 Å². The van der Waals surface area contributed by atoms with E-state index >= 15 is 0 Å². The second-order valence-electron chi connectivity index (χ2n) is 7.65. The van der Waals surface area contributed by atoms with Crippen molar-refractivity contribution in [1.82, 2.24) is 4.57 Å². The second kappa shape index (κ2) is 8.26. The molecule has 1 aliphatic rings. The molecule has 0 aliphatic carbocycles. The van der Waals surface area contributed by atoms with Crippen LogP contribution in [0.15, 0.2) is 54.7 Å². The van der Waals surface area contributed by atoms with Crippen molar-refractivity contribution < 1.29 is 25.2 Å². The Kier molecular flexibility index (Phi) is 5.72. The van der Waals surface area contributed by atoms with Crippen molar-refractivity contribution in [1.29, 1.82) is 0 Å². The number of ether oxygens (including phenoxy) is 1. The lowest BCUT2D eigenvalue weighted by atomic mass is 9.98. The highest BCUT2D eigenvalue weighted by atomic mass is 16.6. The smallest absolute Gasteiger partial charge is 0.163 e. The molecule has 0 radical (unpaired) electrons. The van der Waals surface area contributed by atoms with Gasteiger partial charge in [-0.25, -0.2) is 0 Å². The summed E-state index contributed by atoms with van der Waals surface area (Å²) >= 11 is 0. The van der Waals surface area contributed by atoms with Gasteiger partial charge in [-0.15, -0.1) is 0 Å². The molecule has 1 fully saturated rings. The Morgan fingerprint density at radius 2 is 1.59 bits per heavy atom. The molecule has 1 aromatic heterocycles. The van der Waals surface area contributed by atoms with Gasteiger partial charge in [0, 0.05) is 11.6 Å². The number of benzene rings is 2. The SMILES string of the molecule is CCc1ccc(Cc2cn(C3O[C@H](CO)[C@@H](O)C(O)C3O)c3ccccc23)cc1. The van der Waals surface area contributed by atoms with Crippen LogP contribution < -0.4 is 0 Å². The quantitative estimate of drug-likeness (QED) is 0.526. The number of aromatic nitrogens is 1. The third-order valence-electron chi connectivity index (χ3n) is 5.79. The standard InChI is InChI=1S/C23H27NO5/c1-2-14-7-9-15(10-8-14)11-16-12-24(18-6-4-3-5-17(16)18)23-22(28)21(27)20(26)19(13-25)29-23/h3-10,12,19-23,25-28H,2,11,13H2,1H3/t19-,20-,21?,22?,23?/m1/s1. The molecule has 2 heterocycles. The van der Waals surface area contributed by atoms with Crippen LogP contribution in [0.2, 0.25) is 0 Å². The maximum Gasteiger partial charge on any atom is 0.163 e. The van der Waals surface area contributed by atoms with Crippen molar-refractivity contribution in [2.45, 2.75) is 50.4 Å². The van der Waals surface area contributed by atoms with Crippen molar-refractivity contribution in [3.05, 3.63) is 71.4 Å². The molecule has 0 spiro atoms. The van der Waals surface area contributed by atoms with Gasteiger partial charge in [0.25, 0.3) is 0 Å². The van der Waals surface area contributed by atoms with Crippen LogP contribution in [0, 0.1) is 0 Å². The summed E-state index contributed by atoms with van der Waals surface area (Å²) in [4.78, 5) is 0. The monoisotopic (exact) mass is 397 g/mol. The molecule has 6 nitrogen and oxygen atoms in total. The number of fused-ring (bicyclic) bond motifs is 1. The van der Waals surface area contributed by atoms with Gasteiger partial charge in [-0.2, -0.15) is 0 Å². The summed E-state index contributed by atoms with van der Waals surface area (Å²) in [5.74, 6) is 0. The van der Waals surface area contributed by atoms with E-state index in [0.717, 1.165) is 29.3 Å². The molecule has 4 rings (SSSR count). The molecule has 29 heavy (non-hydrogen) atoms. The Labute approximate surface area is 169 Å². The topological polar surface area (TPSA) is 95.1 Å². The van der Waals surface area contributed by atoms with E-state index in [4.69, 9.17) is 4.74 Å². The Bertz CT molecular complexity index is 965. The Hall–Kier alpha value is -2.22. The van der Waals surface area contributed by atoms with Gasteiger partial charge in [0.15, 0.2) is 6.23 Å². The molecule has 1 aliphatic heterocycles. The van der Waals surface area contributed by atoms with Crippen molar-refractivity contribution >= 4 is 10.9 Å². The number of rotatable bonds is 5. The maximum absolute atomic E-state index is 10.6. The maximum atomic E-state index is 10.6. The van der Waals surface area contributed by atoms with Crippen LogP contribution >= 0.6 is 0 Å². The zero-order valence-electron chi connectivity index (χ0n) is 16.3. The third kappa shape index (κ3) is 3.70. The largest absolute Gasteiger partial charge is 0.394 e. The lowest BCUT2D eigenvalue weighted by Crippen LogP contribution is -2.56. The van der Waals surface area contributed by atoms with E-state index in [1.807, 2.05) is 30.5 Å². The van der Waals surface area contributed by atoms with E-state index in [-0.39, 0.29) is 0 Å². The fourth-order valence-electron chi connectivity index (χ4n) is 4.05. The normalized spacial score (nSPS) is 27.4. The Morgan fingerprint density at radius 1 is 0.897 bits per heavy atom. The van der Waals surface area contributed by atoms with Crippen molar-refractivity contribution in [2.75, 3.05) is 6.61 Å². The Balaban J connectivity index is 1.72. The van der Waals surface area contributed by atoms with Gasteiger partial charge in [-0.05, 0) is 35.6 Å². The average molecular weight is 397 g/mol. The predicted molar refractivity (Wildman–Crippen MR) is 110 cm³/mol. The number of nitrogens with zero attached hydrogens (tertiary/aromatic N) is 1. The average Bonchev–Trinajstić information content (AvgIpc) is 3.11. The molecule has 5 atom stereocenters. The number of aliphatic hydroxyl groups excluding tert-OH is 4. The minimum Gasteiger partial charge on any atom is -0.394 e. The zero-order chi connectivity index (χ0) is 20.5. The summed E-state index contributed by atoms with van der Waals surface area (Å²) in [6.45, 7) is 1.68. The fourth-order valence-corrected chi connectivity index (χ4v) is 4.05.